The van der Waals surface area contributed by atoms with Crippen molar-refractivity contribution in [3.8, 4) is 0 Å². The maximum atomic E-state index is 13.0. The number of nitrogens with one attached hydrogen (secondary N) is 1. The van der Waals surface area contributed by atoms with E-state index in [0.717, 1.165) is 25.2 Å². The second-order valence-electron chi connectivity index (χ2n) is 4.71. The van der Waals surface area contributed by atoms with Crippen LogP contribution in [0.2, 0.25) is 5.02 Å². The molecule has 1 fully saturated rings. The highest BCUT2D eigenvalue weighted by Gasteiger charge is 2.15. The van der Waals surface area contributed by atoms with Crippen molar-refractivity contribution in [1.82, 2.24) is 10.2 Å². The molecule has 1 saturated heterocycles. The van der Waals surface area contributed by atoms with Gasteiger partial charge in [-0.2, -0.15) is 0 Å². The first-order valence-corrected chi connectivity index (χ1v) is 6.39. The first-order valence-electron chi connectivity index (χ1n) is 6.01. The van der Waals surface area contributed by atoms with Gasteiger partial charge in [-0.25, -0.2) is 4.39 Å². The second-order valence-corrected chi connectivity index (χ2v) is 5.11. The molecule has 1 heterocycles. The quantitative estimate of drug-likeness (QED) is 0.895. The number of piperidine rings is 1. The van der Waals surface area contributed by atoms with Crippen molar-refractivity contribution in [2.24, 2.45) is 0 Å². The first kappa shape index (κ1) is 12.8. The largest absolute Gasteiger partial charge is 0.310 e. The molecule has 0 radical (unpaired) electrons. The van der Waals surface area contributed by atoms with E-state index in [-0.39, 0.29) is 10.8 Å². The lowest BCUT2D eigenvalue weighted by Gasteiger charge is -2.29. The number of hydrogen-bond donors (Lipinski definition) is 1. The maximum absolute atomic E-state index is 13.0. The summed E-state index contributed by atoms with van der Waals surface area (Å²) in [5.41, 5.74) is 1.04. The Balaban J connectivity index is 1.83. The fourth-order valence-electron chi connectivity index (χ4n) is 2.12. The average molecular weight is 257 g/mol. The van der Waals surface area contributed by atoms with E-state index < -0.39 is 0 Å². The first-order chi connectivity index (χ1) is 8.15. The maximum Gasteiger partial charge on any atom is 0.141 e. The normalized spacial score (nSPS) is 18.5. The summed E-state index contributed by atoms with van der Waals surface area (Å²) in [6.07, 6.45) is 2.34. The molecule has 1 N–H and O–H groups in total. The van der Waals surface area contributed by atoms with E-state index in [9.17, 15) is 4.39 Å². The molecular weight excluding hydrogens is 239 g/mol. The van der Waals surface area contributed by atoms with E-state index in [2.05, 4.69) is 17.3 Å². The van der Waals surface area contributed by atoms with Crippen molar-refractivity contribution in [2.75, 3.05) is 20.1 Å². The Morgan fingerprint density at radius 3 is 2.76 bits per heavy atom. The molecule has 2 nitrogen and oxygen atoms in total. The number of rotatable bonds is 3. The molecule has 0 aliphatic carbocycles. The predicted molar refractivity (Wildman–Crippen MR) is 68.8 cm³/mol. The molecule has 1 aliphatic heterocycles. The Morgan fingerprint density at radius 2 is 2.12 bits per heavy atom. The molecular formula is C13H18ClFN2. The molecule has 1 aromatic rings. The van der Waals surface area contributed by atoms with Crippen LogP contribution in [-0.4, -0.2) is 31.1 Å². The Bertz CT molecular complexity index is 376. The number of halogens is 2. The monoisotopic (exact) mass is 256 g/mol. The van der Waals surface area contributed by atoms with E-state index in [0.29, 0.717) is 6.04 Å². The molecule has 94 valence electrons. The molecule has 1 aliphatic rings. The molecule has 0 saturated carbocycles. The number of benzene rings is 1. The minimum absolute atomic E-state index is 0.202. The Hall–Kier alpha value is -0.640. The number of likely N-dealkylation sites (tertiary alicyclic amines) is 1. The fourth-order valence-corrected chi connectivity index (χ4v) is 2.33. The third kappa shape index (κ3) is 3.66. The van der Waals surface area contributed by atoms with Crippen molar-refractivity contribution in [3.05, 3.63) is 34.6 Å². The molecule has 4 heteroatoms. The summed E-state index contributed by atoms with van der Waals surface area (Å²) in [6.45, 7) is 3.04. The molecule has 2 rings (SSSR count). The highest BCUT2D eigenvalue weighted by Crippen LogP contribution is 2.16. The van der Waals surface area contributed by atoms with Gasteiger partial charge >= 0.3 is 0 Å². The van der Waals surface area contributed by atoms with Crippen LogP contribution in [0.4, 0.5) is 4.39 Å². The van der Waals surface area contributed by atoms with Crippen LogP contribution in [0.5, 0.6) is 0 Å². The molecule has 0 spiro atoms. The van der Waals surface area contributed by atoms with Gasteiger partial charge in [0.15, 0.2) is 0 Å². The predicted octanol–water partition coefficient (Wildman–Crippen LogP) is 2.66. The SMILES string of the molecule is CN1CCC(NCc2ccc(F)c(Cl)c2)CC1. The summed E-state index contributed by atoms with van der Waals surface area (Å²) in [5.74, 6) is -0.352. The highest BCUT2D eigenvalue weighted by molar-refractivity contribution is 6.30. The minimum atomic E-state index is -0.352. The zero-order valence-corrected chi connectivity index (χ0v) is 10.8. The lowest BCUT2D eigenvalue weighted by molar-refractivity contribution is 0.234. The molecule has 0 bridgehead atoms. The summed E-state index contributed by atoms with van der Waals surface area (Å²) < 4.78 is 13.0. The summed E-state index contributed by atoms with van der Waals surface area (Å²) in [7, 11) is 2.15. The zero-order chi connectivity index (χ0) is 12.3. The zero-order valence-electron chi connectivity index (χ0n) is 10.0. The van der Waals surface area contributed by atoms with E-state index in [1.807, 2.05) is 0 Å². The lowest BCUT2D eigenvalue weighted by Crippen LogP contribution is -2.40. The highest BCUT2D eigenvalue weighted by atomic mass is 35.5. The van der Waals surface area contributed by atoms with Gasteiger partial charge in [-0.3, -0.25) is 0 Å². The second kappa shape index (κ2) is 5.80. The van der Waals surface area contributed by atoms with Crippen LogP contribution < -0.4 is 5.32 Å². The van der Waals surface area contributed by atoms with Gasteiger partial charge in [0.1, 0.15) is 5.82 Å². The van der Waals surface area contributed by atoms with Crippen LogP contribution in [0.25, 0.3) is 0 Å². The topological polar surface area (TPSA) is 15.3 Å². The van der Waals surface area contributed by atoms with E-state index >= 15 is 0 Å². The smallest absolute Gasteiger partial charge is 0.141 e. The van der Waals surface area contributed by atoms with Gasteiger partial charge in [0.25, 0.3) is 0 Å². The Labute approximate surface area is 107 Å². The van der Waals surface area contributed by atoms with Gasteiger partial charge in [0, 0.05) is 12.6 Å². The van der Waals surface area contributed by atoms with Crippen LogP contribution in [0, 0.1) is 5.82 Å². The van der Waals surface area contributed by atoms with Gasteiger partial charge in [-0.05, 0) is 50.7 Å². The summed E-state index contributed by atoms with van der Waals surface area (Å²) in [5, 5.41) is 3.70. The molecule has 0 amide bonds. The van der Waals surface area contributed by atoms with E-state index in [1.165, 1.54) is 18.9 Å². The van der Waals surface area contributed by atoms with Crippen LogP contribution in [0.15, 0.2) is 18.2 Å². The van der Waals surface area contributed by atoms with Crippen molar-refractivity contribution < 1.29 is 4.39 Å². The third-order valence-electron chi connectivity index (χ3n) is 3.30. The van der Waals surface area contributed by atoms with Crippen LogP contribution in [0.3, 0.4) is 0 Å². The van der Waals surface area contributed by atoms with Crippen LogP contribution >= 0.6 is 11.6 Å². The van der Waals surface area contributed by atoms with Gasteiger partial charge in [-0.1, -0.05) is 17.7 Å². The Morgan fingerprint density at radius 1 is 1.41 bits per heavy atom. The third-order valence-corrected chi connectivity index (χ3v) is 3.59. The Kier molecular flexibility index (Phi) is 4.37. The standard InChI is InChI=1S/C13H18ClFN2/c1-17-6-4-11(5-7-17)16-9-10-2-3-13(15)12(14)8-10/h2-3,8,11,16H,4-7,9H2,1H3. The summed E-state index contributed by atoms with van der Waals surface area (Å²) in [6, 6.07) is 5.46. The fraction of sp³-hybridized carbons (Fsp3) is 0.538. The molecule has 17 heavy (non-hydrogen) atoms. The van der Waals surface area contributed by atoms with Crippen LogP contribution in [-0.2, 0) is 6.54 Å². The summed E-state index contributed by atoms with van der Waals surface area (Å²) >= 11 is 5.75. The van der Waals surface area contributed by atoms with E-state index in [1.54, 1.807) is 12.1 Å². The van der Waals surface area contributed by atoms with Crippen molar-refractivity contribution in [1.29, 1.82) is 0 Å². The lowest BCUT2D eigenvalue weighted by atomic mass is 10.1. The van der Waals surface area contributed by atoms with E-state index in [4.69, 9.17) is 11.6 Å². The van der Waals surface area contributed by atoms with Gasteiger partial charge in [0.2, 0.25) is 0 Å². The van der Waals surface area contributed by atoms with Crippen LogP contribution in [0.1, 0.15) is 18.4 Å². The van der Waals surface area contributed by atoms with Crippen molar-refractivity contribution in [2.45, 2.75) is 25.4 Å². The average Bonchev–Trinajstić information content (AvgIpc) is 2.33. The molecule has 0 aromatic heterocycles. The van der Waals surface area contributed by atoms with Gasteiger partial charge in [0.05, 0.1) is 5.02 Å². The van der Waals surface area contributed by atoms with Crippen molar-refractivity contribution >= 4 is 11.6 Å². The molecule has 0 unspecified atom stereocenters. The summed E-state index contributed by atoms with van der Waals surface area (Å²) in [4.78, 5) is 2.34. The van der Waals surface area contributed by atoms with Gasteiger partial charge < -0.3 is 10.2 Å². The number of nitrogens with zero attached hydrogens (tertiary/aromatic N) is 1. The number of hydrogen-bond acceptors (Lipinski definition) is 2. The van der Waals surface area contributed by atoms with Gasteiger partial charge in [-0.15, -0.1) is 0 Å². The van der Waals surface area contributed by atoms with Crippen molar-refractivity contribution in [3.63, 3.8) is 0 Å². The molecule has 1 aromatic carbocycles. The minimum Gasteiger partial charge on any atom is -0.310 e. The molecule has 0 atom stereocenters.